The molecule has 0 aliphatic heterocycles. The maximum absolute atomic E-state index is 14.0. The van der Waals surface area contributed by atoms with Crippen LogP contribution in [0.3, 0.4) is 0 Å². The number of nitrogens with zero attached hydrogens (tertiary/aromatic N) is 1. The van der Waals surface area contributed by atoms with Gasteiger partial charge in [0.05, 0.1) is 24.6 Å². The first-order valence-corrected chi connectivity index (χ1v) is 11.1. The van der Waals surface area contributed by atoms with Crippen LogP contribution in [0.25, 0.3) is 21.5 Å². The van der Waals surface area contributed by atoms with Crippen molar-refractivity contribution < 1.29 is 28.6 Å². The second kappa shape index (κ2) is 9.93. The molecule has 4 aromatic rings. The van der Waals surface area contributed by atoms with Crippen molar-refractivity contribution in [3.05, 3.63) is 65.0 Å². The number of H-pyrrole nitrogens is 1. The zero-order valence-corrected chi connectivity index (χ0v) is 18.6. The number of hydrogen-bond acceptors (Lipinski definition) is 7. The van der Waals surface area contributed by atoms with Gasteiger partial charge in [-0.15, -0.1) is 11.3 Å². The van der Waals surface area contributed by atoms with Crippen LogP contribution in [0.4, 0.5) is 4.39 Å². The van der Waals surface area contributed by atoms with Crippen LogP contribution in [0.1, 0.15) is 33.7 Å². The summed E-state index contributed by atoms with van der Waals surface area (Å²) in [5.41, 5.74) is 1.41. The first kappa shape index (κ1) is 22.6. The molecule has 2 aromatic heterocycles. The minimum absolute atomic E-state index is 0.00452. The molecule has 2 heterocycles. The lowest BCUT2D eigenvalue weighted by Gasteiger charge is -2.11. The highest BCUT2D eigenvalue weighted by atomic mass is 32.1. The van der Waals surface area contributed by atoms with Gasteiger partial charge in [-0.2, -0.15) is 0 Å². The number of aromatic nitrogens is 2. The number of ether oxygens (including phenoxy) is 2. The highest BCUT2D eigenvalue weighted by molar-refractivity contribution is 7.17. The van der Waals surface area contributed by atoms with E-state index in [2.05, 4.69) is 9.97 Å². The molecule has 0 aliphatic carbocycles. The lowest BCUT2D eigenvalue weighted by molar-refractivity contribution is 0.0915. The molecule has 0 radical (unpaired) electrons. The minimum Gasteiger partial charge on any atom is -0.493 e. The number of aromatic amines is 1. The molecule has 0 saturated carbocycles. The van der Waals surface area contributed by atoms with Crippen LogP contribution >= 0.6 is 11.3 Å². The van der Waals surface area contributed by atoms with E-state index in [0.29, 0.717) is 33.3 Å². The Bertz CT molecular complexity index is 1310. The third kappa shape index (κ3) is 4.79. The lowest BCUT2D eigenvalue weighted by atomic mass is 10.0. The van der Waals surface area contributed by atoms with Crippen molar-refractivity contribution >= 4 is 33.0 Å². The standard InChI is InChI=1S/C24H21FN2O5S/c1-31-22-11-14(5-8-21(22)32-10-9-28)19(29)6-7-20(30)18-12-26-24(27-18)16-13-33-23-15(16)3-2-4-17(23)25/h2-5,8,11-13,28H,6-7,9-10H2,1H3,(H,26,27). The molecule has 0 saturated heterocycles. The van der Waals surface area contributed by atoms with Crippen molar-refractivity contribution in [2.75, 3.05) is 20.3 Å². The number of imidazole rings is 1. The van der Waals surface area contributed by atoms with E-state index in [1.165, 1.54) is 30.7 Å². The number of halogens is 1. The summed E-state index contributed by atoms with van der Waals surface area (Å²) in [6, 6.07) is 9.59. The second-order valence-electron chi connectivity index (χ2n) is 7.20. The predicted octanol–water partition coefficient (Wildman–Crippen LogP) is 4.66. The number of aliphatic hydroxyl groups is 1. The molecule has 0 atom stereocenters. The Morgan fingerprint density at radius 3 is 2.76 bits per heavy atom. The Morgan fingerprint density at radius 2 is 1.97 bits per heavy atom. The summed E-state index contributed by atoms with van der Waals surface area (Å²) in [6.45, 7) is -0.0266. The number of fused-ring (bicyclic) bond motifs is 1. The summed E-state index contributed by atoms with van der Waals surface area (Å²) in [5.74, 6) is 0.514. The van der Waals surface area contributed by atoms with Crippen molar-refractivity contribution in [1.82, 2.24) is 9.97 Å². The molecule has 0 fully saturated rings. The number of hydrogen-bond donors (Lipinski definition) is 2. The molecule has 9 heteroatoms. The molecule has 2 aromatic carbocycles. The summed E-state index contributed by atoms with van der Waals surface area (Å²) >= 11 is 1.28. The zero-order chi connectivity index (χ0) is 23.4. The van der Waals surface area contributed by atoms with E-state index in [4.69, 9.17) is 14.6 Å². The van der Waals surface area contributed by atoms with E-state index in [1.54, 1.807) is 35.7 Å². The SMILES string of the molecule is COc1cc(C(=O)CCC(=O)c2cnc(-c3csc4c(F)cccc34)[nH]2)ccc1OCCO. The number of aliphatic hydroxyl groups excluding tert-OH is 1. The number of rotatable bonds is 10. The van der Waals surface area contributed by atoms with Gasteiger partial charge in [-0.1, -0.05) is 12.1 Å². The van der Waals surface area contributed by atoms with Crippen molar-refractivity contribution in [1.29, 1.82) is 0 Å². The van der Waals surface area contributed by atoms with Crippen LogP contribution in [0.5, 0.6) is 11.5 Å². The fourth-order valence-corrected chi connectivity index (χ4v) is 4.39. The maximum atomic E-state index is 14.0. The van der Waals surface area contributed by atoms with E-state index < -0.39 is 0 Å². The molecular formula is C24H21FN2O5S. The largest absolute Gasteiger partial charge is 0.493 e. The Hall–Kier alpha value is -3.56. The molecule has 0 unspecified atom stereocenters. The molecule has 170 valence electrons. The number of methoxy groups -OCH3 is 1. The van der Waals surface area contributed by atoms with Crippen LogP contribution in [0.15, 0.2) is 48.0 Å². The van der Waals surface area contributed by atoms with Gasteiger partial charge in [0.15, 0.2) is 23.1 Å². The average Bonchev–Trinajstić information content (AvgIpc) is 3.49. The molecule has 0 aliphatic rings. The topological polar surface area (TPSA) is 102 Å². The van der Waals surface area contributed by atoms with Gasteiger partial charge in [-0.05, 0) is 24.3 Å². The Morgan fingerprint density at radius 1 is 1.15 bits per heavy atom. The molecule has 7 nitrogen and oxygen atoms in total. The molecule has 0 amide bonds. The first-order valence-electron chi connectivity index (χ1n) is 10.2. The van der Waals surface area contributed by atoms with Gasteiger partial charge < -0.3 is 19.6 Å². The Labute approximate surface area is 192 Å². The van der Waals surface area contributed by atoms with Gasteiger partial charge in [0.25, 0.3) is 0 Å². The number of benzene rings is 2. The number of thiophene rings is 1. The molecule has 0 bridgehead atoms. The van der Waals surface area contributed by atoms with Gasteiger partial charge in [-0.25, -0.2) is 9.37 Å². The summed E-state index contributed by atoms with van der Waals surface area (Å²) in [4.78, 5) is 32.5. The zero-order valence-electron chi connectivity index (χ0n) is 17.8. The fourth-order valence-electron chi connectivity index (χ4n) is 3.43. The highest BCUT2D eigenvalue weighted by Crippen LogP contribution is 2.34. The number of Topliss-reactive ketones (excluding diaryl/α,β-unsaturated/α-hetero) is 2. The quantitative estimate of drug-likeness (QED) is 0.329. The minimum atomic E-state index is -0.297. The third-order valence-corrected chi connectivity index (χ3v) is 6.10. The summed E-state index contributed by atoms with van der Waals surface area (Å²) in [6.07, 6.45) is 1.45. The van der Waals surface area contributed by atoms with E-state index in [-0.39, 0.29) is 43.4 Å². The van der Waals surface area contributed by atoms with Crippen LogP contribution < -0.4 is 9.47 Å². The monoisotopic (exact) mass is 468 g/mol. The number of ketones is 2. The molecule has 4 rings (SSSR count). The van der Waals surface area contributed by atoms with Crippen molar-refractivity contribution in [3.63, 3.8) is 0 Å². The molecular weight excluding hydrogens is 447 g/mol. The summed E-state index contributed by atoms with van der Waals surface area (Å²) in [7, 11) is 1.46. The first-order chi connectivity index (χ1) is 16.0. The van der Waals surface area contributed by atoms with E-state index >= 15 is 0 Å². The van der Waals surface area contributed by atoms with Gasteiger partial charge >= 0.3 is 0 Å². The van der Waals surface area contributed by atoms with Crippen LogP contribution in [-0.4, -0.2) is 47.0 Å². The predicted molar refractivity (Wildman–Crippen MR) is 123 cm³/mol. The molecule has 2 N–H and O–H groups in total. The number of carbonyl (C=O) groups excluding carboxylic acids is 2. The summed E-state index contributed by atoms with van der Waals surface area (Å²) in [5, 5.41) is 11.4. The van der Waals surface area contributed by atoms with Crippen molar-refractivity contribution in [2.45, 2.75) is 12.8 Å². The number of nitrogens with one attached hydrogen (secondary N) is 1. The van der Waals surface area contributed by atoms with E-state index in [1.807, 2.05) is 0 Å². The number of carbonyl (C=O) groups is 2. The second-order valence-corrected chi connectivity index (χ2v) is 8.08. The summed E-state index contributed by atoms with van der Waals surface area (Å²) < 4.78 is 25.1. The lowest BCUT2D eigenvalue weighted by Crippen LogP contribution is -2.07. The molecule has 33 heavy (non-hydrogen) atoms. The van der Waals surface area contributed by atoms with Gasteiger partial charge in [-0.3, -0.25) is 9.59 Å². The van der Waals surface area contributed by atoms with E-state index in [0.717, 1.165) is 10.9 Å². The van der Waals surface area contributed by atoms with Crippen LogP contribution in [0, 0.1) is 5.82 Å². The fraction of sp³-hybridized carbons (Fsp3) is 0.208. The normalized spacial score (nSPS) is 11.0. The van der Waals surface area contributed by atoms with Crippen LogP contribution in [-0.2, 0) is 0 Å². The molecule has 0 spiro atoms. The Kier molecular flexibility index (Phi) is 6.81. The van der Waals surface area contributed by atoms with Gasteiger partial charge in [0.2, 0.25) is 0 Å². The van der Waals surface area contributed by atoms with Crippen molar-refractivity contribution in [3.8, 4) is 22.9 Å². The average molecular weight is 469 g/mol. The van der Waals surface area contributed by atoms with Crippen molar-refractivity contribution in [2.24, 2.45) is 0 Å². The maximum Gasteiger partial charge on any atom is 0.181 e. The third-order valence-electron chi connectivity index (χ3n) is 5.10. The Balaban J connectivity index is 1.43. The van der Waals surface area contributed by atoms with Crippen LogP contribution in [0.2, 0.25) is 0 Å². The van der Waals surface area contributed by atoms with Gasteiger partial charge in [0, 0.05) is 34.7 Å². The van der Waals surface area contributed by atoms with Gasteiger partial charge in [0.1, 0.15) is 23.9 Å². The highest BCUT2D eigenvalue weighted by Gasteiger charge is 2.17. The van der Waals surface area contributed by atoms with E-state index in [9.17, 15) is 14.0 Å². The smallest absolute Gasteiger partial charge is 0.181 e.